The van der Waals surface area contributed by atoms with Gasteiger partial charge in [0.15, 0.2) is 11.8 Å². The topological polar surface area (TPSA) is 69.2 Å². The third-order valence-corrected chi connectivity index (χ3v) is 5.68. The number of hydrogen-bond acceptors (Lipinski definition) is 3. The lowest BCUT2D eigenvalue weighted by Gasteiger charge is -2.26. The maximum Gasteiger partial charge on any atom is 0.193 e. The van der Waals surface area contributed by atoms with E-state index in [4.69, 9.17) is 0 Å². The predicted octanol–water partition coefficient (Wildman–Crippen LogP) is 3.43. The number of aromatic amines is 1. The second-order valence-electron chi connectivity index (χ2n) is 7.31. The average Bonchev–Trinajstić information content (AvgIpc) is 3.40. The molecule has 1 aliphatic carbocycles. The third-order valence-electron chi connectivity index (χ3n) is 5.68. The number of nitrogens with one attached hydrogen (secondary N) is 2. The Morgan fingerprint density at radius 2 is 2.15 bits per heavy atom. The van der Waals surface area contributed by atoms with Crippen LogP contribution >= 0.6 is 24.0 Å². The third kappa shape index (κ3) is 4.02. The number of hydrogen-bond donors (Lipinski definition) is 2. The number of guanidine groups is 1. The number of likely N-dealkylation sites (tertiary alicyclic amines) is 1. The number of rotatable bonds is 3. The van der Waals surface area contributed by atoms with E-state index >= 15 is 0 Å². The highest BCUT2D eigenvalue weighted by Gasteiger charge is 2.41. The van der Waals surface area contributed by atoms with Gasteiger partial charge in [-0.1, -0.05) is 31.0 Å². The van der Waals surface area contributed by atoms with Gasteiger partial charge in [0.2, 0.25) is 0 Å². The summed E-state index contributed by atoms with van der Waals surface area (Å²) >= 11 is 0. The molecule has 0 bridgehead atoms. The molecule has 1 aromatic carbocycles. The van der Waals surface area contributed by atoms with Gasteiger partial charge in [-0.3, -0.25) is 10.1 Å². The van der Waals surface area contributed by atoms with Crippen LogP contribution in [0.25, 0.3) is 11.4 Å². The molecule has 2 aromatic rings. The van der Waals surface area contributed by atoms with Crippen molar-refractivity contribution in [3.05, 3.63) is 36.2 Å². The predicted molar refractivity (Wildman–Crippen MR) is 115 cm³/mol. The van der Waals surface area contributed by atoms with Crippen LogP contribution < -0.4 is 5.32 Å². The van der Waals surface area contributed by atoms with E-state index in [1.807, 2.05) is 13.1 Å². The molecule has 6 nitrogen and oxygen atoms in total. The molecule has 1 saturated carbocycles. The first-order chi connectivity index (χ1) is 12.3. The molecule has 2 heterocycles. The van der Waals surface area contributed by atoms with E-state index in [1.165, 1.54) is 44.0 Å². The number of H-pyrrole nitrogens is 1. The number of halogens is 1. The van der Waals surface area contributed by atoms with Crippen molar-refractivity contribution in [2.24, 2.45) is 10.4 Å². The Morgan fingerprint density at radius 1 is 1.31 bits per heavy atom. The fourth-order valence-electron chi connectivity index (χ4n) is 4.34. The highest BCUT2D eigenvalue weighted by atomic mass is 127. The fraction of sp³-hybridized carbons (Fsp3) is 0.526. The van der Waals surface area contributed by atoms with Crippen molar-refractivity contribution in [2.75, 3.05) is 20.1 Å². The molecule has 1 aliphatic heterocycles. The highest BCUT2D eigenvalue weighted by molar-refractivity contribution is 14.0. The van der Waals surface area contributed by atoms with Crippen LogP contribution in [0.2, 0.25) is 0 Å². The molecule has 4 rings (SSSR count). The Labute approximate surface area is 171 Å². The van der Waals surface area contributed by atoms with Gasteiger partial charge in [0.05, 0.1) is 0 Å². The SMILES string of the molecule is CN=C(NCc1cccc(-c2ncn[nH]2)c1)N1CCC2(CCCC2)C1.I. The van der Waals surface area contributed by atoms with E-state index in [0.717, 1.165) is 37.0 Å². The molecular weight excluding hydrogens is 439 g/mol. The van der Waals surface area contributed by atoms with E-state index in [2.05, 4.69) is 48.6 Å². The van der Waals surface area contributed by atoms with Crippen molar-refractivity contribution < 1.29 is 0 Å². The molecule has 0 unspecified atom stereocenters. The minimum Gasteiger partial charge on any atom is -0.352 e. The summed E-state index contributed by atoms with van der Waals surface area (Å²) in [4.78, 5) is 11.2. The molecule has 0 atom stereocenters. The summed E-state index contributed by atoms with van der Waals surface area (Å²) in [6.45, 7) is 3.04. The van der Waals surface area contributed by atoms with Crippen LogP contribution in [0.3, 0.4) is 0 Å². The van der Waals surface area contributed by atoms with Crippen molar-refractivity contribution in [1.29, 1.82) is 0 Å². The van der Waals surface area contributed by atoms with Gasteiger partial charge in [-0.05, 0) is 36.3 Å². The standard InChI is InChI=1S/C19H26N6.HI/c1-20-18(25-10-9-19(13-25)7-2-3-8-19)21-12-15-5-4-6-16(11-15)17-22-14-23-24-17;/h4-6,11,14H,2-3,7-10,12-13H2,1H3,(H,20,21)(H,22,23,24);1H. The molecule has 1 spiro atoms. The summed E-state index contributed by atoms with van der Waals surface area (Å²) in [5.74, 6) is 1.82. The van der Waals surface area contributed by atoms with Crippen LogP contribution in [0, 0.1) is 5.41 Å². The Kier molecular flexibility index (Phi) is 6.16. The second-order valence-corrected chi connectivity index (χ2v) is 7.31. The molecule has 26 heavy (non-hydrogen) atoms. The lowest BCUT2D eigenvalue weighted by molar-refractivity contribution is 0.309. The Hall–Kier alpha value is -1.64. The van der Waals surface area contributed by atoms with E-state index in [9.17, 15) is 0 Å². The van der Waals surface area contributed by atoms with Gasteiger partial charge in [-0.2, -0.15) is 5.10 Å². The van der Waals surface area contributed by atoms with Crippen molar-refractivity contribution in [1.82, 2.24) is 25.4 Å². The quantitative estimate of drug-likeness (QED) is 0.413. The zero-order valence-corrected chi connectivity index (χ0v) is 17.6. The maximum absolute atomic E-state index is 4.51. The smallest absolute Gasteiger partial charge is 0.193 e. The van der Waals surface area contributed by atoms with Crippen molar-refractivity contribution in [3.63, 3.8) is 0 Å². The van der Waals surface area contributed by atoms with Gasteiger partial charge >= 0.3 is 0 Å². The van der Waals surface area contributed by atoms with E-state index in [0.29, 0.717) is 5.41 Å². The van der Waals surface area contributed by atoms with Crippen LogP contribution in [0.5, 0.6) is 0 Å². The highest BCUT2D eigenvalue weighted by Crippen LogP contribution is 2.45. The van der Waals surface area contributed by atoms with E-state index < -0.39 is 0 Å². The molecule has 2 N–H and O–H groups in total. The molecule has 140 valence electrons. The van der Waals surface area contributed by atoms with Crippen molar-refractivity contribution >= 4 is 29.9 Å². The summed E-state index contributed by atoms with van der Waals surface area (Å²) in [5.41, 5.74) is 2.83. The molecule has 2 aliphatic rings. The van der Waals surface area contributed by atoms with Crippen molar-refractivity contribution in [2.45, 2.75) is 38.6 Å². The van der Waals surface area contributed by atoms with Crippen LogP contribution in [-0.2, 0) is 6.54 Å². The van der Waals surface area contributed by atoms with Crippen molar-refractivity contribution in [3.8, 4) is 11.4 Å². The number of benzene rings is 1. The minimum absolute atomic E-state index is 0. The zero-order valence-electron chi connectivity index (χ0n) is 15.2. The van der Waals surface area contributed by atoms with Crippen LogP contribution in [0.1, 0.15) is 37.7 Å². The van der Waals surface area contributed by atoms with Gasteiger partial charge in [0, 0.05) is 32.2 Å². The fourth-order valence-corrected chi connectivity index (χ4v) is 4.34. The van der Waals surface area contributed by atoms with E-state index in [-0.39, 0.29) is 24.0 Å². The Morgan fingerprint density at radius 3 is 2.88 bits per heavy atom. The Bertz CT molecular complexity index is 736. The Balaban J connectivity index is 0.00000196. The van der Waals surface area contributed by atoms with E-state index in [1.54, 1.807) is 0 Å². The van der Waals surface area contributed by atoms with Gasteiger partial charge < -0.3 is 10.2 Å². The normalized spacial score (nSPS) is 19.0. The largest absolute Gasteiger partial charge is 0.352 e. The van der Waals surface area contributed by atoms with Gasteiger partial charge in [0.25, 0.3) is 0 Å². The van der Waals surface area contributed by atoms with Gasteiger partial charge in [-0.15, -0.1) is 24.0 Å². The molecule has 0 amide bonds. The lowest BCUT2D eigenvalue weighted by Crippen LogP contribution is -2.40. The molecule has 7 heteroatoms. The van der Waals surface area contributed by atoms with Gasteiger partial charge in [0.1, 0.15) is 6.33 Å². The monoisotopic (exact) mass is 466 g/mol. The summed E-state index contributed by atoms with van der Waals surface area (Å²) < 4.78 is 0. The summed E-state index contributed by atoms with van der Waals surface area (Å²) in [6.07, 6.45) is 8.42. The summed E-state index contributed by atoms with van der Waals surface area (Å²) in [7, 11) is 1.88. The molecule has 2 fully saturated rings. The number of aliphatic imine (C=N–C) groups is 1. The number of aromatic nitrogens is 3. The molecule has 1 aromatic heterocycles. The molecule has 1 saturated heterocycles. The van der Waals surface area contributed by atoms with Crippen LogP contribution in [0.4, 0.5) is 0 Å². The molecular formula is C19H27IN6. The van der Waals surface area contributed by atoms with Gasteiger partial charge in [-0.25, -0.2) is 4.98 Å². The first-order valence-corrected chi connectivity index (χ1v) is 9.18. The zero-order chi connectivity index (χ0) is 17.1. The van der Waals surface area contributed by atoms with Crippen LogP contribution in [0.15, 0.2) is 35.6 Å². The first-order valence-electron chi connectivity index (χ1n) is 9.18. The lowest BCUT2D eigenvalue weighted by atomic mass is 9.86. The first kappa shape index (κ1) is 19.1. The minimum atomic E-state index is 0. The van der Waals surface area contributed by atoms with Crippen LogP contribution in [-0.4, -0.2) is 46.2 Å². The second kappa shape index (κ2) is 8.37. The average molecular weight is 466 g/mol. The summed E-state index contributed by atoms with van der Waals surface area (Å²) in [5, 5.41) is 10.4. The summed E-state index contributed by atoms with van der Waals surface area (Å²) in [6, 6.07) is 8.37. The number of nitrogens with zero attached hydrogens (tertiary/aromatic N) is 4. The molecule has 0 radical (unpaired) electrons. The maximum atomic E-state index is 4.51.